The molecule has 2 aromatic rings. The lowest BCUT2D eigenvalue weighted by atomic mass is 10.1. The summed E-state index contributed by atoms with van der Waals surface area (Å²) >= 11 is 0. The molecule has 16 heavy (non-hydrogen) atoms. The van der Waals surface area contributed by atoms with Gasteiger partial charge in [0.1, 0.15) is 0 Å². The summed E-state index contributed by atoms with van der Waals surface area (Å²) in [7, 11) is 0. The number of H-pyrrole nitrogens is 1. The summed E-state index contributed by atoms with van der Waals surface area (Å²) in [6, 6.07) is 11.7. The van der Waals surface area contributed by atoms with Crippen molar-refractivity contribution in [2.75, 3.05) is 0 Å². The molecule has 0 radical (unpaired) electrons. The SMILES string of the molecule is Cc1ccc(-c2ccc(CN)c(=O)[nH]2)cc1. The minimum atomic E-state index is -0.111. The maximum atomic E-state index is 11.6. The maximum absolute atomic E-state index is 11.6. The number of benzene rings is 1. The molecule has 0 aliphatic heterocycles. The normalized spacial score (nSPS) is 10.4. The molecule has 0 atom stereocenters. The van der Waals surface area contributed by atoms with E-state index in [0.29, 0.717) is 5.56 Å². The number of rotatable bonds is 2. The molecule has 0 unspecified atom stereocenters. The fourth-order valence-corrected chi connectivity index (χ4v) is 1.57. The molecule has 1 aromatic carbocycles. The largest absolute Gasteiger partial charge is 0.326 e. The van der Waals surface area contributed by atoms with Crippen molar-refractivity contribution in [2.45, 2.75) is 13.5 Å². The van der Waals surface area contributed by atoms with E-state index in [-0.39, 0.29) is 12.1 Å². The van der Waals surface area contributed by atoms with Crippen LogP contribution in [-0.4, -0.2) is 4.98 Å². The molecule has 82 valence electrons. The molecule has 1 heterocycles. The average molecular weight is 214 g/mol. The summed E-state index contributed by atoms with van der Waals surface area (Å²) < 4.78 is 0. The predicted molar refractivity (Wildman–Crippen MR) is 65.1 cm³/mol. The van der Waals surface area contributed by atoms with Crippen molar-refractivity contribution in [3.63, 3.8) is 0 Å². The molecule has 3 heteroatoms. The van der Waals surface area contributed by atoms with Gasteiger partial charge in [-0.1, -0.05) is 35.9 Å². The zero-order valence-electron chi connectivity index (χ0n) is 9.16. The minimum Gasteiger partial charge on any atom is -0.326 e. The number of hydrogen-bond donors (Lipinski definition) is 2. The second-order valence-electron chi connectivity index (χ2n) is 3.80. The van der Waals surface area contributed by atoms with Gasteiger partial charge in [-0.15, -0.1) is 0 Å². The Morgan fingerprint density at radius 2 is 1.81 bits per heavy atom. The highest BCUT2D eigenvalue weighted by atomic mass is 16.1. The van der Waals surface area contributed by atoms with Gasteiger partial charge >= 0.3 is 0 Å². The Balaban J connectivity index is 2.45. The second kappa shape index (κ2) is 4.33. The number of aryl methyl sites for hydroxylation is 1. The summed E-state index contributed by atoms with van der Waals surface area (Å²) in [6.07, 6.45) is 0. The van der Waals surface area contributed by atoms with Crippen molar-refractivity contribution in [3.8, 4) is 11.3 Å². The lowest BCUT2D eigenvalue weighted by molar-refractivity contribution is 1.02. The van der Waals surface area contributed by atoms with Crippen LogP contribution < -0.4 is 11.3 Å². The Morgan fingerprint density at radius 1 is 1.12 bits per heavy atom. The van der Waals surface area contributed by atoms with Crippen molar-refractivity contribution in [1.29, 1.82) is 0 Å². The lowest BCUT2D eigenvalue weighted by Gasteiger charge is -2.03. The van der Waals surface area contributed by atoms with Gasteiger partial charge in [0.2, 0.25) is 0 Å². The van der Waals surface area contributed by atoms with Gasteiger partial charge < -0.3 is 10.7 Å². The summed E-state index contributed by atoms with van der Waals surface area (Å²) in [5.41, 5.74) is 8.96. The van der Waals surface area contributed by atoms with E-state index in [4.69, 9.17) is 5.73 Å². The Kier molecular flexibility index (Phi) is 2.88. The van der Waals surface area contributed by atoms with Gasteiger partial charge in [0, 0.05) is 17.8 Å². The van der Waals surface area contributed by atoms with Crippen LogP contribution >= 0.6 is 0 Å². The first-order chi connectivity index (χ1) is 7.70. The zero-order chi connectivity index (χ0) is 11.5. The third-order valence-electron chi connectivity index (χ3n) is 2.57. The van der Waals surface area contributed by atoms with Crippen LogP contribution in [0.1, 0.15) is 11.1 Å². The number of pyridine rings is 1. The van der Waals surface area contributed by atoms with E-state index in [9.17, 15) is 4.79 Å². The Bertz CT molecular complexity index is 541. The van der Waals surface area contributed by atoms with Gasteiger partial charge in [-0.25, -0.2) is 0 Å². The fraction of sp³-hybridized carbons (Fsp3) is 0.154. The molecule has 0 bridgehead atoms. The van der Waals surface area contributed by atoms with Crippen LogP contribution in [0, 0.1) is 6.92 Å². The first kappa shape index (κ1) is 10.6. The summed E-state index contributed by atoms with van der Waals surface area (Å²) in [5, 5.41) is 0. The van der Waals surface area contributed by atoms with Crippen molar-refractivity contribution in [3.05, 3.63) is 57.9 Å². The molecule has 2 rings (SSSR count). The summed E-state index contributed by atoms with van der Waals surface area (Å²) in [6.45, 7) is 2.30. The highest BCUT2D eigenvalue weighted by Crippen LogP contribution is 2.15. The quantitative estimate of drug-likeness (QED) is 0.801. The maximum Gasteiger partial charge on any atom is 0.252 e. The molecular formula is C13H14N2O. The number of aromatic nitrogens is 1. The monoisotopic (exact) mass is 214 g/mol. The molecule has 0 spiro atoms. The second-order valence-corrected chi connectivity index (χ2v) is 3.80. The molecule has 0 saturated carbocycles. The third kappa shape index (κ3) is 2.04. The van der Waals surface area contributed by atoms with E-state index >= 15 is 0 Å². The fourth-order valence-electron chi connectivity index (χ4n) is 1.57. The molecule has 3 nitrogen and oxygen atoms in total. The van der Waals surface area contributed by atoms with E-state index < -0.39 is 0 Å². The van der Waals surface area contributed by atoms with Gasteiger partial charge in [-0.3, -0.25) is 4.79 Å². The van der Waals surface area contributed by atoms with Crippen LogP contribution in [0.15, 0.2) is 41.2 Å². The van der Waals surface area contributed by atoms with Crippen LogP contribution in [0.3, 0.4) is 0 Å². The van der Waals surface area contributed by atoms with Crippen LogP contribution in [0.2, 0.25) is 0 Å². The topological polar surface area (TPSA) is 58.9 Å². The van der Waals surface area contributed by atoms with Crippen LogP contribution in [0.25, 0.3) is 11.3 Å². The minimum absolute atomic E-state index is 0.111. The van der Waals surface area contributed by atoms with Crippen molar-refractivity contribution in [1.82, 2.24) is 4.98 Å². The van der Waals surface area contributed by atoms with E-state index in [1.807, 2.05) is 37.3 Å². The number of aromatic amines is 1. The van der Waals surface area contributed by atoms with Crippen LogP contribution in [0.4, 0.5) is 0 Å². The molecule has 3 N–H and O–H groups in total. The Hall–Kier alpha value is -1.87. The van der Waals surface area contributed by atoms with Crippen LogP contribution in [0.5, 0.6) is 0 Å². The van der Waals surface area contributed by atoms with E-state index in [2.05, 4.69) is 4.98 Å². The Morgan fingerprint density at radius 3 is 2.38 bits per heavy atom. The lowest BCUT2D eigenvalue weighted by Crippen LogP contribution is -2.15. The van der Waals surface area contributed by atoms with E-state index in [1.165, 1.54) is 5.56 Å². The molecule has 1 aromatic heterocycles. The highest BCUT2D eigenvalue weighted by molar-refractivity contribution is 5.59. The van der Waals surface area contributed by atoms with E-state index in [0.717, 1.165) is 11.3 Å². The van der Waals surface area contributed by atoms with Gasteiger partial charge in [-0.2, -0.15) is 0 Å². The Labute approximate surface area is 93.9 Å². The first-order valence-corrected chi connectivity index (χ1v) is 5.20. The van der Waals surface area contributed by atoms with Crippen molar-refractivity contribution >= 4 is 0 Å². The number of nitrogens with one attached hydrogen (secondary N) is 1. The van der Waals surface area contributed by atoms with Gasteiger partial charge in [0.05, 0.1) is 0 Å². The standard InChI is InChI=1S/C13H14N2O/c1-9-2-4-10(5-3-9)12-7-6-11(8-14)13(16)15-12/h2-7H,8,14H2,1H3,(H,15,16). The smallest absolute Gasteiger partial charge is 0.252 e. The van der Waals surface area contributed by atoms with Crippen molar-refractivity contribution < 1.29 is 0 Å². The van der Waals surface area contributed by atoms with Crippen molar-refractivity contribution in [2.24, 2.45) is 5.73 Å². The summed E-state index contributed by atoms with van der Waals surface area (Å²) in [4.78, 5) is 14.4. The van der Waals surface area contributed by atoms with Gasteiger partial charge in [0.25, 0.3) is 5.56 Å². The van der Waals surface area contributed by atoms with Crippen LogP contribution in [-0.2, 0) is 6.54 Å². The highest BCUT2D eigenvalue weighted by Gasteiger charge is 2.01. The predicted octanol–water partition coefficient (Wildman–Crippen LogP) is 1.81. The molecule has 0 fully saturated rings. The first-order valence-electron chi connectivity index (χ1n) is 5.20. The number of hydrogen-bond acceptors (Lipinski definition) is 2. The molecule has 0 saturated heterocycles. The molecule has 0 aliphatic rings. The van der Waals surface area contributed by atoms with E-state index in [1.54, 1.807) is 6.07 Å². The molecular weight excluding hydrogens is 200 g/mol. The number of nitrogens with two attached hydrogens (primary N) is 1. The van der Waals surface area contributed by atoms with Gasteiger partial charge in [0.15, 0.2) is 0 Å². The summed E-state index contributed by atoms with van der Waals surface area (Å²) in [5.74, 6) is 0. The zero-order valence-corrected chi connectivity index (χ0v) is 9.16. The molecule has 0 amide bonds. The third-order valence-corrected chi connectivity index (χ3v) is 2.57. The average Bonchev–Trinajstić information content (AvgIpc) is 2.30. The molecule has 0 aliphatic carbocycles. The van der Waals surface area contributed by atoms with Gasteiger partial charge in [-0.05, 0) is 18.6 Å².